The van der Waals surface area contributed by atoms with Crippen LogP contribution in [0.15, 0.2) is 4.42 Å². The summed E-state index contributed by atoms with van der Waals surface area (Å²) in [7, 11) is 0. The Morgan fingerprint density at radius 3 is 2.69 bits per heavy atom. The van der Waals surface area contributed by atoms with Crippen molar-refractivity contribution in [2.75, 3.05) is 6.54 Å². The minimum absolute atomic E-state index is 0.0710. The van der Waals surface area contributed by atoms with Crippen LogP contribution in [0.25, 0.3) is 0 Å². The first-order valence-corrected chi connectivity index (χ1v) is 5.62. The zero-order chi connectivity index (χ0) is 11.9. The van der Waals surface area contributed by atoms with Crippen LogP contribution in [0.1, 0.15) is 45.0 Å². The van der Waals surface area contributed by atoms with E-state index < -0.39 is 0 Å². The molecular formula is C12H18N2O2. The summed E-state index contributed by atoms with van der Waals surface area (Å²) in [4.78, 5) is 17.6. The molecule has 0 bridgehead atoms. The molecule has 0 atom stereocenters. The minimum atomic E-state index is -0.0710. The second kappa shape index (κ2) is 3.61. The Bertz CT molecular complexity index is 415. The number of aromatic nitrogens is 1. The number of nitrogens with zero attached hydrogens (tertiary/aromatic N) is 2. The maximum atomic E-state index is 11.3. The van der Waals surface area contributed by atoms with Gasteiger partial charge in [0.1, 0.15) is 11.5 Å². The van der Waals surface area contributed by atoms with Gasteiger partial charge in [0.25, 0.3) is 0 Å². The van der Waals surface area contributed by atoms with Gasteiger partial charge in [-0.15, -0.1) is 0 Å². The first-order valence-electron chi connectivity index (χ1n) is 5.62. The number of hydrogen-bond acceptors (Lipinski definition) is 3. The number of carbonyl (C=O) groups excluding carboxylic acids is 1. The van der Waals surface area contributed by atoms with Crippen molar-refractivity contribution in [1.29, 1.82) is 0 Å². The molecule has 1 aliphatic heterocycles. The smallest absolute Gasteiger partial charge is 0.219 e. The van der Waals surface area contributed by atoms with Crippen molar-refractivity contribution in [2.24, 2.45) is 0 Å². The van der Waals surface area contributed by atoms with Gasteiger partial charge in [-0.05, 0) is 0 Å². The van der Waals surface area contributed by atoms with Crippen molar-refractivity contribution in [1.82, 2.24) is 9.88 Å². The van der Waals surface area contributed by atoms with Crippen LogP contribution in [0.5, 0.6) is 0 Å². The second-order valence-electron chi connectivity index (χ2n) is 5.33. The molecule has 0 radical (unpaired) electrons. The average molecular weight is 222 g/mol. The highest BCUT2D eigenvalue weighted by Crippen LogP contribution is 2.27. The van der Waals surface area contributed by atoms with Gasteiger partial charge in [0.05, 0.1) is 6.54 Å². The SMILES string of the molecule is CC(=O)N1CCc2oc(C(C)(C)C)nc2C1. The van der Waals surface area contributed by atoms with Gasteiger partial charge >= 0.3 is 0 Å². The molecule has 0 aliphatic carbocycles. The third-order valence-corrected chi connectivity index (χ3v) is 2.81. The number of hydrogen-bond donors (Lipinski definition) is 0. The number of rotatable bonds is 0. The Hall–Kier alpha value is -1.32. The van der Waals surface area contributed by atoms with Crippen LogP contribution < -0.4 is 0 Å². The zero-order valence-electron chi connectivity index (χ0n) is 10.3. The molecule has 0 spiro atoms. The highest BCUT2D eigenvalue weighted by atomic mass is 16.4. The Balaban J connectivity index is 2.27. The zero-order valence-corrected chi connectivity index (χ0v) is 10.3. The van der Waals surface area contributed by atoms with Crippen molar-refractivity contribution in [3.63, 3.8) is 0 Å². The summed E-state index contributed by atoms with van der Waals surface area (Å²) in [5.74, 6) is 1.82. The molecule has 2 rings (SSSR count). The molecule has 1 aliphatic rings. The topological polar surface area (TPSA) is 46.3 Å². The van der Waals surface area contributed by atoms with Crippen LogP contribution in [0.3, 0.4) is 0 Å². The predicted molar refractivity (Wildman–Crippen MR) is 60.0 cm³/mol. The first kappa shape index (κ1) is 11.2. The van der Waals surface area contributed by atoms with Crippen molar-refractivity contribution < 1.29 is 9.21 Å². The van der Waals surface area contributed by atoms with E-state index in [9.17, 15) is 4.79 Å². The summed E-state index contributed by atoms with van der Waals surface area (Å²) in [5.41, 5.74) is 0.852. The molecule has 4 nitrogen and oxygen atoms in total. The van der Waals surface area contributed by atoms with E-state index >= 15 is 0 Å². The summed E-state index contributed by atoms with van der Waals surface area (Å²) in [5, 5.41) is 0. The molecule has 1 amide bonds. The summed E-state index contributed by atoms with van der Waals surface area (Å²) < 4.78 is 5.75. The third kappa shape index (κ3) is 1.96. The maximum absolute atomic E-state index is 11.3. The summed E-state index contributed by atoms with van der Waals surface area (Å²) in [6.07, 6.45) is 0.776. The Labute approximate surface area is 95.6 Å². The van der Waals surface area contributed by atoms with Crippen LogP contribution in [0.2, 0.25) is 0 Å². The van der Waals surface area contributed by atoms with E-state index in [1.54, 1.807) is 11.8 Å². The lowest BCUT2D eigenvalue weighted by atomic mass is 9.97. The van der Waals surface area contributed by atoms with Crippen molar-refractivity contribution in [2.45, 2.75) is 46.1 Å². The fourth-order valence-electron chi connectivity index (χ4n) is 1.79. The minimum Gasteiger partial charge on any atom is -0.445 e. The maximum Gasteiger partial charge on any atom is 0.219 e. The van der Waals surface area contributed by atoms with Gasteiger partial charge in [0.15, 0.2) is 5.89 Å². The Morgan fingerprint density at radius 2 is 2.12 bits per heavy atom. The van der Waals surface area contributed by atoms with Crippen LogP contribution in [0, 0.1) is 0 Å². The van der Waals surface area contributed by atoms with E-state index in [0.29, 0.717) is 6.54 Å². The van der Waals surface area contributed by atoms with E-state index in [1.165, 1.54) is 0 Å². The first-order chi connectivity index (χ1) is 7.38. The summed E-state index contributed by atoms with van der Waals surface area (Å²) >= 11 is 0. The predicted octanol–water partition coefficient (Wildman–Crippen LogP) is 1.88. The van der Waals surface area contributed by atoms with Gasteiger partial charge in [-0.2, -0.15) is 0 Å². The van der Waals surface area contributed by atoms with Gasteiger partial charge in [-0.1, -0.05) is 20.8 Å². The number of amides is 1. The van der Waals surface area contributed by atoms with Gasteiger partial charge < -0.3 is 9.32 Å². The van der Waals surface area contributed by atoms with Crippen LogP contribution in [0.4, 0.5) is 0 Å². The molecule has 2 heterocycles. The van der Waals surface area contributed by atoms with Crippen LogP contribution >= 0.6 is 0 Å². The summed E-state index contributed by atoms with van der Waals surface area (Å²) in [6.45, 7) is 9.15. The van der Waals surface area contributed by atoms with E-state index in [0.717, 1.165) is 30.3 Å². The molecule has 0 fully saturated rings. The lowest BCUT2D eigenvalue weighted by Gasteiger charge is -2.23. The molecule has 4 heteroatoms. The number of fused-ring (bicyclic) bond motifs is 1. The van der Waals surface area contributed by atoms with Gasteiger partial charge in [0, 0.05) is 25.3 Å². The molecule has 0 saturated carbocycles. The lowest BCUT2D eigenvalue weighted by molar-refractivity contribution is -0.129. The monoisotopic (exact) mass is 222 g/mol. The summed E-state index contributed by atoms with van der Waals surface area (Å²) in [6, 6.07) is 0. The van der Waals surface area contributed by atoms with Crippen LogP contribution in [-0.4, -0.2) is 22.3 Å². The molecule has 16 heavy (non-hydrogen) atoms. The number of carbonyl (C=O) groups is 1. The van der Waals surface area contributed by atoms with Crippen molar-refractivity contribution in [3.05, 3.63) is 17.3 Å². The molecular weight excluding hydrogens is 204 g/mol. The fraction of sp³-hybridized carbons (Fsp3) is 0.667. The molecule has 88 valence electrons. The second-order valence-corrected chi connectivity index (χ2v) is 5.33. The molecule has 1 aromatic heterocycles. The standard InChI is InChI=1S/C12H18N2O2/c1-8(15)14-6-5-10-9(7-14)13-11(16-10)12(2,3)4/h5-7H2,1-4H3. The largest absolute Gasteiger partial charge is 0.445 e. The van der Waals surface area contributed by atoms with Gasteiger partial charge in [-0.3, -0.25) is 4.79 Å². The fourth-order valence-corrected chi connectivity index (χ4v) is 1.79. The lowest BCUT2D eigenvalue weighted by Crippen LogP contribution is -2.33. The molecule has 0 unspecified atom stereocenters. The van der Waals surface area contributed by atoms with Crippen molar-refractivity contribution >= 4 is 5.91 Å². The third-order valence-electron chi connectivity index (χ3n) is 2.81. The molecule has 0 aromatic carbocycles. The molecule has 0 saturated heterocycles. The van der Waals surface area contributed by atoms with E-state index in [2.05, 4.69) is 25.8 Å². The van der Waals surface area contributed by atoms with Crippen molar-refractivity contribution in [3.8, 4) is 0 Å². The van der Waals surface area contributed by atoms with E-state index in [-0.39, 0.29) is 11.3 Å². The molecule has 0 N–H and O–H groups in total. The molecule has 1 aromatic rings. The quantitative estimate of drug-likeness (QED) is 0.673. The average Bonchev–Trinajstić information content (AvgIpc) is 2.58. The Kier molecular flexibility index (Phi) is 2.52. The van der Waals surface area contributed by atoms with Gasteiger partial charge in [-0.25, -0.2) is 4.98 Å². The van der Waals surface area contributed by atoms with E-state index in [4.69, 9.17) is 4.42 Å². The van der Waals surface area contributed by atoms with Crippen LogP contribution in [-0.2, 0) is 23.2 Å². The van der Waals surface area contributed by atoms with E-state index in [1.807, 2.05) is 0 Å². The normalized spacial score (nSPS) is 16.1. The highest BCUT2D eigenvalue weighted by molar-refractivity contribution is 5.73. The highest BCUT2D eigenvalue weighted by Gasteiger charge is 2.27. The van der Waals surface area contributed by atoms with Gasteiger partial charge in [0.2, 0.25) is 5.91 Å². The number of oxazole rings is 1. The Morgan fingerprint density at radius 1 is 1.44 bits per heavy atom.